The molecule has 6 heteroatoms. The molecular formula is C11H19N5O. The molecule has 0 radical (unpaired) electrons. The Bertz CT molecular complexity index is 395. The number of aryl methyl sites for hydroxylation is 1. The smallest absolute Gasteiger partial charge is 0.239 e. The normalized spacial score (nSPS) is 21.6. The molecule has 94 valence electrons. The van der Waals surface area contributed by atoms with Crippen LogP contribution in [0.25, 0.3) is 0 Å². The number of aliphatic hydroxyl groups excluding tert-OH is 1. The number of anilines is 2. The van der Waals surface area contributed by atoms with E-state index in [0.717, 1.165) is 31.0 Å². The molecule has 2 rings (SSSR count). The van der Waals surface area contributed by atoms with Gasteiger partial charge >= 0.3 is 0 Å². The van der Waals surface area contributed by atoms with Gasteiger partial charge in [0.2, 0.25) is 5.95 Å². The summed E-state index contributed by atoms with van der Waals surface area (Å²) in [7, 11) is 0. The van der Waals surface area contributed by atoms with Gasteiger partial charge in [0.05, 0.1) is 6.10 Å². The zero-order valence-corrected chi connectivity index (χ0v) is 10.2. The molecule has 6 nitrogen and oxygen atoms in total. The van der Waals surface area contributed by atoms with Crippen molar-refractivity contribution in [3.05, 3.63) is 11.8 Å². The fourth-order valence-corrected chi connectivity index (χ4v) is 2.17. The van der Waals surface area contributed by atoms with Crippen LogP contribution in [0.2, 0.25) is 0 Å². The number of aromatic nitrogens is 2. The Morgan fingerprint density at radius 1 is 1.59 bits per heavy atom. The number of aliphatic hydroxyl groups is 1. The maximum Gasteiger partial charge on any atom is 0.239 e. The van der Waals surface area contributed by atoms with Crippen molar-refractivity contribution in [1.29, 1.82) is 0 Å². The lowest BCUT2D eigenvalue weighted by molar-refractivity contribution is 0.136. The van der Waals surface area contributed by atoms with Crippen LogP contribution in [0.5, 0.6) is 0 Å². The van der Waals surface area contributed by atoms with Crippen LogP contribution >= 0.6 is 0 Å². The van der Waals surface area contributed by atoms with Crippen LogP contribution in [0.15, 0.2) is 6.07 Å². The maximum absolute atomic E-state index is 9.58. The molecule has 17 heavy (non-hydrogen) atoms. The Morgan fingerprint density at radius 2 is 2.35 bits per heavy atom. The number of hydrogen-bond acceptors (Lipinski definition) is 6. The molecule has 1 aromatic rings. The molecule has 1 aromatic heterocycles. The Labute approximate surface area is 101 Å². The number of hydrogen-bond donors (Lipinski definition) is 3. The number of nitrogens with one attached hydrogen (secondary N) is 1. The molecule has 2 heterocycles. The molecule has 0 spiro atoms. The summed E-state index contributed by atoms with van der Waals surface area (Å²) in [4.78, 5) is 10.6. The van der Waals surface area contributed by atoms with E-state index in [2.05, 4.69) is 20.3 Å². The van der Waals surface area contributed by atoms with E-state index in [4.69, 9.17) is 5.84 Å². The number of hydrazine groups is 1. The van der Waals surface area contributed by atoms with Crippen LogP contribution in [0.4, 0.5) is 11.8 Å². The minimum absolute atomic E-state index is 0.268. The summed E-state index contributed by atoms with van der Waals surface area (Å²) in [6, 6.07) is 1.94. The summed E-state index contributed by atoms with van der Waals surface area (Å²) in [5.41, 5.74) is 3.35. The highest BCUT2D eigenvalue weighted by molar-refractivity contribution is 5.45. The molecule has 2 atom stereocenters. The van der Waals surface area contributed by atoms with Crippen molar-refractivity contribution in [2.45, 2.75) is 26.4 Å². The average Bonchev–Trinajstić information content (AvgIpc) is 2.77. The van der Waals surface area contributed by atoms with E-state index >= 15 is 0 Å². The van der Waals surface area contributed by atoms with Gasteiger partial charge < -0.3 is 10.0 Å². The molecular weight excluding hydrogens is 218 g/mol. The van der Waals surface area contributed by atoms with Crippen molar-refractivity contribution < 1.29 is 5.11 Å². The van der Waals surface area contributed by atoms with Crippen molar-refractivity contribution in [1.82, 2.24) is 9.97 Å². The summed E-state index contributed by atoms with van der Waals surface area (Å²) >= 11 is 0. The first-order valence-electron chi connectivity index (χ1n) is 5.85. The zero-order chi connectivity index (χ0) is 12.4. The molecule has 4 N–H and O–H groups in total. The second-order valence-corrected chi connectivity index (χ2v) is 4.57. The highest BCUT2D eigenvalue weighted by Gasteiger charge is 2.27. The highest BCUT2D eigenvalue weighted by atomic mass is 16.3. The first-order chi connectivity index (χ1) is 8.10. The number of nitrogen functional groups attached to an aromatic ring is 1. The molecule has 0 saturated carbocycles. The molecule has 2 unspecified atom stereocenters. The van der Waals surface area contributed by atoms with Crippen molar-refractivity contribution in [2.24, 2.45) is 11.8 Å². The summed E-state index contributed by atoms with van der Waals surface area (Å²) in [6.45, 7) is 5.49. The Hall–Kier alpha value is -1.40. The molecule has 1 aliphatic rings. The van der Waals surface area contributed by atoms with Gasteiger partial charge in [-0.3, -0.25) is 5.43 Å². The van der Waals surface area contributed by atoms with Gasteiger partial charge in [0.15, 0.2) is 0 Å². The van der Waals surface area contributed by atoms with Crippen LogP contribution in [-0.4, -0.2) is 34.3 Å². The monoisotopic (exact) mass is 237 g/mol. The second-order valence-electron chi connectivity index (χ2n) is 4.57. The maximum atomic E-state index is 9.58. The predicted molar refractivity (Wildman–Crippen MR) is 66.6 cm³/mol. The molecule has 0 aromatic carbocycles. The number of rotatable bonds is 3. The summed E-state index contributed by atoms with van der Waals surface area (Å²) in [6.07, 6.45) is 0.724. The van der Waals surface area contributed by atoms with E-state index < -0.39 is 0 Å². The lowest BCUT2D eigenvalue weighted by atomic mass is 10.0. The quantitative estimate of drug-likeness (QED) is 0.517. The molecule has 1 aliphatic heterocycles. The SMILES string of the molecule is Cc1cc(N2CCC(C(C)O)C2)nc(NN)n1. The van der Waals surface area contributed by atoms with E-state index in [9.17, 15) is 5.11 Å². The standard InChI is InChI=1S/C11H19N5O/c1-7-5-10(14-11(13-7)15-12)16-4-3-9(6-16)8(2)17/h5,8-9,17H,3-4,6,12H2,1-2H3,(H,13,14,15). The third kappa shape index (κ3) is 2.65. The summed E-state index contributed by atoms with van der Waals surface area (Å²) < 4.78 is 0. The van der Waals surface area contributed by atoms with Crippen LogP contribution in [0, 0.1) is 12.8 Å². The van der Waals surface area contributed by atoms with Crippen LogP contribution in [0.1, 0.15) is 19.0 Å². The fraction of sp³-hybridized carbons (Fsp3) is 0.636. The number of nitrogens with zero attached hydrogens (tertiary/aromatic N) is 3. The number of nitrogens with two attached hydrogens (primary N) is 1. The summed E-state index contributed by atoms with van der Waals surface area (Å²) in [5, 5.41) is 9.58. The Balaban J connectivity index is 2.15. The van der Waals surface area contributed by atoms with Gasteiger partial charge in [0.1, 0.15) is 5.82 Å². The van der Waals surface area contributed by atoms with Crippen LogP contribution in [-0.2, 0) is 0 Å². The highest BCUT2D eigenvalue weighted by Crippen LogP contribution is 2.25. The van der Waals surface area contributed by atoms with E-state index in [0.29, 0.717) is 11.9 Å². The molecule has 0 amide bonds. The van der Waals surface area contributed by atoms with Crippen molar-refractivity contribution in [3.8, 4) is 0 Å². The Kier molecular flexibility index (Phi) is 3.44. The largest absolute Gasteiger partial charge is 0.393 e. The van der Waals surface area contributed by atoms with Gasteiger partial charge in [-0.1, -0.05) is 0 Å². The van der Waals surface area contributed by atoms with Gasteiger partial charge in [-0.15, -0.1) is 0 Å². The second kappa shape index (κ2) is 4.85. The minimum Gasteiger partial charge on any atom is -0.393 e. The molecule has 1 saturated heterocycles. The first-order valence-corrected chi connectivity index (χ1v) is 5.85. The first kappa shape index (κ1) is 12.1. The van der Waals surface area contributed by atoms with Crippen LogP contribution < -0.4 is 16.2 Å². The van der Waals surface area contributed by atoms with E-state index in [1.807, 2.05) is 19.9 Å². The van der Waals surface area contributed by atoms with Crippen molar-refractivity contribution >= 4 is 11.8 Å². The molecule has 0 bridgehead atoms. The molecule has 1 fully saturated rings. The van der Waals surface area contributed by atoms with Gasteiger partial charge in [-0.2, -0.15) is 4.98 Å². The Morgan fingerprint density at radius 3 is 2.94 bits per heavy atom. The fourth-order valence-electron chi connectivity index (χ4n) is 2.17. The van der Waals surface area contributed by atoms with Crippen molar-refractivity contribution in [2.75, 3.05) is 23.4 Å². The van der Waals surface area contributed by atoms with E-state index in [-0.39, 0.29) is 6.10 Å². The average molecular weight is 237 g/mol. The van der Waals surface area contributed by atoms with Gasteiger partial charge in [-0.25, -0.2) is 10.8 Å². The molecule has 0 aliphatic carbocycles. The zero-order valence-electron chi connectivity index (χ0n) is 10.2. The lowest BCUT2D eigenvalue weighted by Gasteiger charge is -2.19. The van der Waals surface area contributed by atoms with E-state index in [1.165, 1.54) is 0 Å². The van der Waals surface area contributed by atoms with Crippen LogP contribution in [0.3, 0.4) is 0 Å². The third-order valence-corrected chi connectivity index (χ3v) is 3.20. The summed E-state index contributed by atoms with van der Waals surface area (Å²) in [5.74, 6) is 6.95. The predicted octanol–water partition coefficient (Wildman–Crippen LogP) is 0.278. The third-order valence-electron chi connectivity index (χ3n) is 3.20. The van der Waals surface area contributed by atoms with Gasteiger partial charge in [0, 0.05) is 30.8 Å². The minimum atomic E-state index is -0.268. The van der Waals surface area contributed by atoms with Crippen molar-refractivity contribution in [3.63, 3.8) is 0 Å². The topological polar surface area (TPSA) is 87.3 Å². The lowest BCUT2D eigenvalue weighted by Crippen LogP contribution is -2.25. The van der Waals surface area contributed by atoms with Gasteiger partial charge in [-0.05, 0) is 20.3 Å². The van der Waals surface area contributed by atoms with E-state index in [1.54, 1.807) is 0 Å². The van der Waals surface area contributed by atoms with Gasteiger partial charge in [0.25, 0.3) is 0 Å².